The predicted molar refractivity (Wildman–Crippen MR) is 96.2 cm³/mol. The van der Waals surface area contributed by atoms with Gasteiger partial charge in [-0.15, -0.1) is 0 Å². The summed E-state index contributed by atoms with van der Waals surface area (Å²) in [6.07, 6.45) is 3.30. The molecule has 0 saturated carbocycles. The molecule has 1 aromatic heterocycles. The fourth-order valence-electron chi connectivity index (χ4n) is 2.25. The van der Waals surface area contributed by atoms with Crippen LogP contribution in [0.5, 0.6) is 0 Å². The highest BCUT2D eigenvalue weighted by atomic mass is 32.2. The van der Waals surface area contributed by atoms with Crippen LogP contribution in [0.25, 0.3) is 0 Å². The maximum absolute atomic E-state index is 12.5. The van der Waals surface area contributed by atoms with Gasteiger partial charge in [0.15, 0.2) is 0 Å². The number of aromatic nitrogens is 1. The van der Waals surface area contributed by atoms with Crippen molar-refractivity contribution in [3.8, 4) is 0 Å². The van der Waals surface area contributed by atoms with E-state index in [1.807, 2.05) is 13.0 Å². The zero-order chi connectivity index (χ0) is 18.4. The van der Waals surface area contributed by atoms with Gasteiger partial charge in [-0.2, -0.15) is 4.72 Å². The van der Waals surface area contributed by atoms with E-state index in [-0.39, 0.29) is 16.7 Å². The van der Waals surface area contributed by atoms with Crippen molar-refractivity contribution in [2.24, 2.45) is 5.92 Å². The Morgan fingerprint density at radius 1 is 1.16 bits per heavy atom. The Morgan fingerprint density at radius 3 is 2.40 bits per heavy atom. The van der Waals surface area contributed by atoms with E-state index in [1.54, 1.807) is 44.4 Å². The third kappa shape index (κ3) is 5.37. The zero-order valence-electron chi connectivity index (χ0n) is 14.6. The summed E-state index contributed by atoms with van der Waals surface area (Å²) in [5.41, 5.74) is 1.81. The van der Waals surface area contributed by atoms with Gasteiger partial charge in [0.25, 0.3) is 0 Å². The van der Waals surface area contributed by atoms with E-state index in [9.17, 15) is 13.2 Å². The zero-order valence-corrected chi connectivity index (χ0v) is 15.4. The highest BCUT2D eigenvalue weighted by molar-refractivity contribution is 7.89. The van der Waals surface area contributed by atoms with Gasteiger partial charge in [0.05, 0.1) is 4.90 Å². The Bertz CT molecular complexity index is 803. The maximum atomic E-state index is 12.5. The van der Waals surface area contributed by atoms with E-state index in [1.165, 1.54) is 12.1 Å². The van der Waals surface area contributed by atoms with E-state index < -0.39 is 16.1 Å². The number of pyridine rings is 1. The van der Waals surface area contributed by atoms with Crippen molar-refractivity contribution in [2.45, 2.75) is 38.3 Å². The van der Waals surface area contributed by atoms with Crippen LogP contribution in [-0.4, -0.2) is 25.4 Å². The molecule has 2 rings (SSSR count). The van der Waals surface area contributed by atoms with Gasteiger partial charge in [-0.05, 0) is 36.6 Å². The van der Waals surface area contributed by atoms with E-state index in [0.29, 0.717) is 6.54 Å². The number of hydrogen-bond acceptors (Lipinski definition) is 4. The van der Waals surface area contributed by atoms with Crippen molar-refractivity contribution in [1.82, 2.24) is 15.0 Å². The minimum absolute atomic E-state index is 0.142. The molecule has 0 aliphatic carbocycles. The number of sulfonamides is 1. The first-order valence-corrected chi connectivity index (χ1v) is 9.53. The van der Waals surface area contributed by atoms with Crippen molar-refractivity contribution in [3.05, 3.63) is 59.9 Å². The predicted octanol–water partition coefficient (Wildman–Crippen LogP) is 2.01. The average molecular weight is 361 g/mol. The summed E-state index contributed by atoms with van der Waals surface area (Å²) in [6.45, 7) is 5.77. The summed E-state index contributed by atoms with van der Waals surface area (Å²) >= 11 is 0. The van der Waals surface area contributed by atoms with Crippen LogP contribution in [-0.2, 0) is 21.4 Å². The molecule has 0 radical (unpaired) electrons. The van der Waals surface area contributed by atoms with Gasteiger partial charge in [-0.3, -0.25) is 9.78 Å². The lowest BCUT2D eigenvalue weighted by Crippen LogP contribution is -2.49. The summed E-state index contributed by atoms with van der Waals surface area (Å²) in [5.74, 6) is -0.566. The summed E-state index contributed by atoms with van der Waals surface area (Å²) in [7, 11) is -3.77. The maximum Gasteiger partial charge on any atom is 0.241 e. The molecule has 0 aliphatic rings. The number of aryl methyl sites for hydroxylation is 1. The van der Waals surface area contributed by atoms with Crippen LogP contribution in [0, 0.1) is 12.8 Å². The molecule has 1 amide bonds. The molecule has 2 aromatic rings. The first-order valence-electron chi connectivity index (χ1n) is 8.05. The quantitative estimate of drug-likeness (QED) is 0.790. The molecule has 0 aliphatic heterocycles. The normalized spacial score (nSPS) is 12.8. The van der Waals surface area contributed by atoms with Crippen molar-refractivity contribution in [1.29, 1.82) is 0 Å². The summed E-state index contributed by atoms with van der Waals surface area (Å²) < 4.78 is 27.6. The third-order valence-corrected chi connectivity index (χ3v) is 5.21. The lowest BCUT2D eigenvalue weighted by atomic mass is 10.0. The van der Waals surface area contributed by atoms with Gasteiger partial charge in [0, 0.05) is 18.9 Å². The second kappa shape index (κ2) is 8.22. The van der Waals surface area contributed by atoms with E-state index in [0.717, 1.165) is 11.1 Å². The first kappa shape index (κ1) is 19.1. The lowest BCUT2D eigenvalue weighted by Gasteiger charge is -2.21. The topological polar surface area (TPSA) is 88.2 Å². The molecule has 1 atom stereocenters. The van der Waals surface area contributed by atoms with Gasteiger partial charge in [-0.25, -0.2) is 8.42 Å². The molecule has 0 bridgehead atoms. The molecule has 0 fully saturated rings. The Hall–Kier alpha value is -2.25. The molecule has 1 aromatic carbocycles. The first-order chi connectivity index (χ1) is 11.8. The van der Waals surface area contributed by atoms with Gasteiger partial charge >= 0.3 is 0 Å². The monoisotopic (exact) mass is 361 g/mol. The number of hydrogen-bond donors (Lipinski definition) is 2. The Labute approximate surface area is 148 Å². The molecule has 2 N–H and O–H groups in total. The number of amides is 1. The number of nitrogens with one attached hydrogen (secondary N) is 2. The number of benzene rings is 1. The fourth-order valence-corrected chi connectivity index (χ4v) is 3.59. The van der Waals surface area contributed by atoms with Gasteiger partial charge < -0.3 is 5.32 Å². The van der Waals surface area contributed by atoms with Gasteiger partial charge in [-0.1, -0.05) is 37.6 Å². The van der Waals surface area contributed by atoms with E-state index in [2.05, 4.69) is 15.0 Å². The van der Waals surface area contributed by atoms with Crippen LogP contribution in [0.3, 0.4) is 0 Å². The smallest absolute Gasteiger partial charge is 0.241 e. The van der Waals surface area contributed by atoms with Crippen molar-refractivity contribution < 1.29 is 13.2 Å². The van der Waals surface area contributed by atoms with Crippen molar-refractivity contribution in [3.63, 3.8) is 0 Å². The summed E-state index contributed by atoms with van der Waals surface area (Å²) in [5, 5.41) is 2.76. The molecular weight excluding hydrogens is 338 g/mol. The van der Waals surface area contributed by atoms with Gasteiger partial charge in [0.2, 0.25) is 15.9 Å². The molecule has 1 heterocycles. The van der Waals surface area contributed by atoms with Crippen LogP contribution < -0.4 is 10.0 Å². The van der Waals surface area contributed by atoms with E-state index >= 15 is 0 Å². The van der Waals surface area contributed by atoms with Crippen molar-refractivity contribution in [2.75, 3.05) is 0 Å². The van der Waals surface area contributed by atoms with Crippen LogP contribution in [0.15, 0.2) is 53.7 Å². The van der Waals surface area contributed by atoms with Gasteiger partial charge in [0.1, 0.15) is 6.04 Å². The Morgan fingerprint density at radius 2 is 1.84 bits per heavy atom. The Kier molecular flexibility index (Phi) is 6.27. The molecule has 25 heavy (non-hydrogen) atoms. The highest BCUT2D eigenvalue weighted by Gasteiger charge is 2.28. The van der Waals surface area contributed by atoms with E-state index in [4.69, 9.17) is 0 Å². The molecule has 6 nitrogen and oxygen atoms in total. The molecule has 0 saturated heterocycles. The standard InChI is InChI=1S/C18H23N3O3S/c1-13(2)17(18(22)20-12-15-5-4-10-19-11-15)21-25(23,24)16-8-6-14(3)7-9-16/h4-11,13,17,21H,12H2,1-3H3,(H,20,22)/t17-/m0/s1. The summed E-state index contributed by atoms with van der Waals surface area (Å²) in [6, 6.07) is 9.27. The second-order valence-corrected chi connectivity index (χ2v) is 7.95. The fraction of sp³-hybridized carbons (Fsp3) is 0.333. The Balaban J connectivity index is 2.09. The largest absolute Gasteiger partial charge is 0.351 e. The van der Waals surface area contributed by atoms with Crippen LogP contribution in [0.4, 0.5) is 0 Å². The van der Waals surface area contributed by atoms with Crippen molar-refractivity contribution >= 4 is 15.9 Å². The number of rotatable bonds is 7. The number of carbonyl (C=O) groups excluding carboxylic acids is 1. The minimum Gasteiger partial charge on any atom is -0.351 e. The summed E-state index contributed by atoms with van der Waals surface area (Å²) in [4.78, 5) is 16.6. The lowest BCUT2D eigenvalue weighted by molar-refractivity contribution is -0.123. The molecular formula is C18H23N3O3S. The molecule has 7 heteroatoms. The molecule has 134 valence electrons. The van der Waals surface area contributed by atoms with Crippen LogP contribution in [0.1, 0.15) is 25.0 Å². The second-order valence-electron chi connectivity index (χ2n) is 6.24. The van der Waals surface area contributed by atoms with Crippen LogP contribution in [0.2, 0.25) is 0 Å². The number of carbonyl (C=O) groups is 1. The average Bonchev–Trinajstić information content (AvgIpc) is 2.58. The molecule has 0 unspecified atom stereocenters. The minimum atomic E-state index is -3.77. The third-order valence-electron chi connectivity index (χ3n) is 3.75. The number of nitrogens with zero attached hydrogens (tertiary/aromatic N) is 1. The van der Waals surface area contributed by atoms with Crippen LogP contribution >= 0.6 is 0 Å². The highest BCUT2D eigenvalue weighted by Crippen LogP contribution is 2.13. The SMILES string of the molecule is Cc1ccc(S(=O)(=O)N[C@H](C(=O)NCc2cccnc2)C(C)C)cc1. The molecule has 0 spiro atoms.